The number of hydrogen-bond acceptors (Lipinski definition) is 7. The summed E-state index contributed by atoms with van der Waals surface area (Å²) in [6.45, 7) is 4.96. The van der Waals surface area contributed by atoms with E-state index < -0.39 is 5.97 Å². The Kier molecular flexibility index (Phi) is 7.82. The number of ether oxygens (including phenoxy) is 2. The van der Waals surface area contributed by atoms with E-state index in [1.165, 1.54) is 18.7 Å². The molecule has 0 bridgehead atoms. The summed E-state index contributed by atoms with van der Waals surface area (Å²) in [5.74, 6) is 0.803. The lowest BCUT2D eigenvalue weighted by molar-refractivity contribution is -0.132. The molecule has 0 aliphatic carbocycles. The molecule has 10 heteroatoms. The van der Waals surface area contributed by atoms with Crippen molar-refractivity contribution in [3.63, 3.8) is 0 Å². The Labute approximate surface area is 209 Å². The quantitative estimate of drug-likeness (QED) is 0.349. The molecule has 0 radical (unpaired) electrons. The van der Waals surface area contributed by atoms with Gasteiger partial charge in [0.1, 0.15) is 29.5 Å². The van der Waals surface area contributed by atoms with Crippen LogP contribution in [0.25, 0.3) is 0 Å². The average Bonchev–Trinajstić information content (AvgIpc) is 3.05. The number of carbonyl (C=O) groups excluding carboxylic acids is 2. The highest BCUT2D eigenvalue weighted by molar-refractivity contribution is 5.93. The summed E-state index contributed by atoms with van der Waals surface area (Å²) >= 11 is 0. The topological polar surface area (TPSA) is 109 Å². The van der Waals surface area contributed by atoms with Gasteiger partial charge >= 0.3 is 5.97 Å². The minimum atomic E-state index is -0.565. The maximum absolute atomic E-state index is 13.0. The summed E-state index contributed by atoms with van der Waals surface area (Å²) in [7, 11) is 1.30. The molecule has 1 aliphatic heterocycles. The van der Waals surface area contributed by atoms with Crippen molar-refractivity contribution in [2.24, 2.45) is 0 Å². The zero-order valence-electron chi connectivity index (χ0n) is 20.9. The molecule has 0 spiro atoms. The highest BCUT2D eigenvalue weighted by atomic mass is 16.5. The third kappa shape index (κ3) is 5.64. The van der Waals surface area contributed by atoms with Crippen LogP contribution in [0, 0.1) is 13.8 Å². The third-order valence-corrected chi connectivity index (χ3v) is 6.29. The first-order valence-electron chi connectivity index (χ1n) is 12.0. The number of hydrogen-bond donors (Lipinski definition) is 0. The first-order valence-corrected chi connectivity index (χ1v) is 12.0. The number of aromatic nitrogens is 4. The summed E-state index contributed by atoms with van der Waals surface area (Å²) in [6, 6.07) is 11.4. The van der Waals surface area contributed by atoms with Crippen molar-refractivity contribution < 1.29 is 19.1 Å². The van der Waals surface area contributed by atoms with Gasteiger partial charge in [-0.05, 0) is 32.3 Å². The lowest BCUT2D eigenvalue weighted by Gasteiger charge is -2.20. The minimum absolute atomic E-state index is 0.0670. The third-order valence-electron chi connectivity index (χ3n) is 6.29. The lowest BCUT2D eigenvalue weighted by Crippen LogP contribution is -2.37. The number of methoxy groups -OCH3 is 1. The molecule has 10 nitrogen and oxygen atoms in total. The van der Waals surface area contributed by atoms with E-state index in [-0.39, 0.29) is 35.9 Å². The fraction of sp³-hybridized carbons (Fsp3) is 0.423. The van der Waals surface area contributed by atoms with Crippen molar-refractivity contribution in [1.82, 2.24) is 24.2 Å². The van der Waals surface area contributed by atoms with E-state index in [0.29, 0.717) is 43.5 Å². The van der Waals surface area contributed by atoms with E-state index >= 15 is 0 Å². The molecule has 0 saturated carbocycles. The fourth-order valence-electron chi connectivity index (χ4n) is 4.48. The number of rotatable bonds is 8. The van der Waals surface area contributed by atoms with E-state index in [1.54, 1.807) is 28.0 Å². The van der Waals surface area contributed by atoms with Crippen molar-refractivity contribution >= 4 is 11.9 Å². The second-order valence-electron chi connectivity index (χ2n) is 8.74. The van der Waals surface area contributed by atoms with Crippen LogP contribution < -0.4 is 10.3 Å². The highest BCUT2D eigenvalue weighted by Gasteiger charge is 2.27. The summed E-state index contributed by atoms with van der Waals surface area (Å²) in [4.78, 5) is 44.6. The first kappa shape index (κ1) is 25.2. The van der Waals surface area contributed by atoms with Crippen LogP contribution in [0.5, 0.6) is 5.75 Å². The van der Waals surface area contributed by atoms with Crippen LogP contribution in [-0.4, -0.2) is 62.9 Å². The Bertz CT molecular complexity index is 1300. The maximum atomic E-state index is 13.0. The number of pyridine rings is 1. The number of amides is 1. The molecule has 190 valence electrons. The average molecular weight is 494 g/mol. The molecule has 1 amide bonds. The molecule has 36 heavy (non-hydrogen) atoms. The molecule has 3 aromatic rings. The molecule has 2 aromatic heterocycles. The Morgan fingerprint density at radius 2 is 1.86 bits per heavy atom. The van der Waals surface area contributed by atoms with Gasteiger partial charge in [0.15, 0.2) is 0 Å². The predicted octanol–water partition coefficient (Wildman–Crippen LogP) is 1.94. The Morgan fingerprint density at radius 3 is 2.56 bits per heavy atom. The van der Waals surface area contributed by atoms with E-state index in [4.69, 9.17) is 9.47 Å². The molecule has 3 heterocycles. The highest BCUT2D eigenvalue weighted by Crippen LogP contribution is 2.24. The van der Waals surface area contributed by atoms with Crippen LogP contribution in [0.15, 0.2) is 41.2 Å². The number of aryl methyl sites for hydroxylation is 3. The van der Waals surface area contributed by atoms with Crippen molar-refractivity contribution in [1.29, 1.82) is 0 Å². The van der Waals surface area contributed by atoms with Crippen LogP contribution in [0.3, 0.4) is 0 Å². The van der Waals surface area contributed by atoms with Crippen molar-refractivity contribution in [3.8, 4) is 5.75 Å². The molecule has 0 unspecified atom stereocenters. The summed E-state index contributed by atoms with van der Waals surface area (Å²) in [6.07, 6.45) is 1.87. The maximum Gasteiger partial charge on any atom is 0.343 e. The van der Waals surface area contributed by atoms with Gasteiger partial charge in [0.05, 0.1) is 13.7 Å². The van der Waals surface area contributed by atoms with Gasteiger partial charge in [-0.3, -0.25) is 9.59 Å². The summed E-state index contributed by atoms with van der Waals surface area (Å²) in [5.41, 5.74) is 1.69. The van der Waals surface area contributed by atoms with E-state index in [2.05, 4.69) is 10.1 Å². The zero-order chi connectivity index (χ0) is 25.7. The molecule has 0 N–H and O–H groups in total. The van der Waals surface area contributed by atoms with Crippen molar-refractivity contribution in [2.45, 2.75) is 46.2 Å². The molecule has 0 atom stereocenters. The first-order chi connectivity index (χ1) is 17.4. The van der Waals surface area contributed by atoms with Gasteiger partial charge in [-0.1, -0.05) is 30.3 Å². The zero-order valence-corrected chi connectivity index (χ0v) is 20.9. The predicted molar refractivity (Wildman–Crippen MR) is 132 cm³/mol. The smallest absolute Gasteiger partial charge is 0.343 e. The Hall–Kier alpha value is -3.95. The summed E-state index contributed by atoms with van der Waals surface area (Å²) in [5, 5.41) is 4.26. The van der Waals surface area contributed by atoms with Crippen LogP contribution in [0.1, 0.15) is 39.7 Å². The monoisotopic (exact) mass is 493 g/mol. The molecule has 0 saturated heterocycles. The van der Waals surface area contributed by atoms with Gasteiger partial charge in [0, 0.05) is 37.8 Å². The minimum Gasteiger partial charge on any atom is -0.492 e. The van der Waals surface area contributed by atoms with Gasteiger partial charge in [0.2, 0.25) is 5.91 Å². The van der Waals surface area contributed by atoms with Gasteiger partial charge < -0.3 is 18.9 Å². The number of fused-ring (bicyclic) bond motifs is 1. The van der Waals surface area contributed by atoms with Gasteiger partial charge in [0.25, 0.3) is 5.56 Å². The molecule has 0 fully saturated rings. The fourth-order valence-corrected chi connectivity index (χ4v) is 4.48. The van der Waals surface area contributed by atoms with E-state index in [0.717, 1.165) is 12.8 Å². The van der Waals surface area contributed by atoms with Gasteiger partial charge in [-0.25, -0.2) is 14.5 Å². The number of nitrogens with zero attached hydrogens (tertiary/aromatic N) is 5. The van der Waals surface area contributed by atoms with Gasteiger partial charge in [-0.15, -0.1) is 0 Å². The number of benzene rings is 1. The molecular weight excluding hydrogens is 462 g/mol. The Morgan fingerprint density at radius 1 is 1.08 bits per heavy atom. The van der Waals surface area contributed by atoms with Crippen molar-refractivity contribution in [2.75, 3.05) is 26.8 Å². The number of carbonyl (C=O) groups is 2. The Balaban J connectivity index is 1.50. The lowest BCUT2D eigenvalue weighted by atomic mass is 10.1. The molecule has 1 aromatic carbocycles. The van der Waals surface area contributed by atoms with E-state index in [9.17, 15) is 14.4 Å². The van der Waals surface area contributed by atoms with Crippen molar-refractivity contribution in [3.05, 3.63) is 75.2 Å². The van der Waals surface area contributed by atoms with Crippen LogP contribution in [0.2, 0.25) is 0 Å². The SMILES string of the molecule is COC(=O)c1c(OCCCc2ccccc2)cc(=O)n2c1CCN(C(=O)Cn1nc(C)nc1C)CC2. The molecular formula is C26H31N5O5. The largest absolute Gasteiger partial charge is 0.492 e. The van der Waals surface area contributed by atoms with Crippen LogP contribution in [0.4, 0.5) is 0 Å². The molecule has 4 rings (SSSR count). The second-order valence-corrected chi connectivity index (χ2v) is 8.74. The number of esters is 1. The standard InChI is InChI=1S/C26H31N5O5/c1-18-27-19(2)31(28-18)17-24(33)29-12-11-21-25(26(34)35-3)22(16-23(32)30(21)14-13-29)36-15-7-10-20-8-5-4-6-9-20/h4-6,8-9,16H,7,10-15,17H2,1-3H3. The second kappa shape index (κ2) is 11.2. The molecule has 1 aliphatic rings. The van der Waals surface area contributed by atoms with Gasteiger partial charge in [-0.2, -0.15) is 5.10 Å². The normalized spacial score (nSPS) is 13.1. The van der Waals surface area contributed by atoms with Crippen LogP contribution in [-0.2, 0) is 35.5 Å². The van der Waals surface area contributed by atoms with E-state index in [1.807, 2.05) is 30.3 Å². The van der Waals surface area contributed by atoms with Crippen LogP contribution >= 0.6 is 0 Å². The summed E-state index contributed by atoms with van der Waals surface area (Å²) < 4.78 is 14.1.